The van der Waals surface area contributed by atoms with Crippen LogP contribution >= 0.6 is 34.0 Å². The molecule has 4 heterocycles. The maximum Gasteiger partial charge on any atom is 0.0555 e. The van der Waals surface area contributed by atoms with Crippen molar-refractivity contribution in [3.63, 3.8) is 0 Å². The Labute approximate surface area is 265 Å². The molecule has 10 aromatic rings. The molecule has 0 fully saturated rings. The van der Waals surface area contributed by atoms with Gasteiger partial charge in [0, 0.05) is 62.2 Å². The first kappa shape index (κ1) is 24.7. The van der Waals surface area contributed by atoms with E-state index >= 15 is 0 Å². The fourth-order valence-electron chi connectivity index (χ4n) is 7.03. The van der Waals surface area contributed by atoms with Crippen molar-refractivity contribution in [2.75, 3.05) is 0 Å². The molecule has 44 heavy (non-hydrogen) atoms. The van der Waals surface area contributed by atoms with Gasteiger partial charge in [0.05, 0.1) is 16.7 Å². The minimum atomic E-state index is 1.24. The molecule has 0 bridgehead atoms. The lowest BCUT2D eigenvalue weighted by Gasteiger charge is -2.11. The number of nitrogens with zero attached hydrogens (tertiary/aromatic N) is 1. The molecule has 0 aliphatic carbocycles. The van der Waals surface area contributed by atoms with E-state index in [-0.39, 0.29) is 0 Å². The third-order valence-electron chi connectivity index (χ3n) is 8.96. The van der Waals surface area contributed by atoms with Crippen molar-refractivity contribution in [3.8, 4) is 27.9 Å². The Bertz CT molecular complexity index is 2720. The minimum absolute atomic E-state index is 1.24. The van der Waals surface area contributed by atoms with E-state index in [0.29, 0.717) is 0 Å². The molecule has 6 aromatic carbocycles. The third-order valence-corrected chi connectivity index (χ3v) is 12.1. The molecule has 0 spiro atoms. The van der Waals surface area contributed by atoms with Crippen LogP contribution in [0.15, 0.2) is 138 Å². The van der Waals surface area contributed by atoms with Crippen molar-refractivity contribution >= 4 is 96.2 Å². The topological polar surface area (TPSA) is 4.93 Å². The molecule has 0 saturated carbocycles. The number of thiophene rings is 3. The summed E-state index contributed by atoms with van der Waals surface area (Å²) >= 11 is 5.56. The Morgan fingerprint density at radius 2 is 1.14 bits per heavy atom. The lowest BCUT2D eigenvalue weighted by molar-refractivity contribution is 1.20. The molecule has 0 amide bonds. The number of benzene rings is 6. The first-order valence-corrected chi connectivity index (χ1v) is 17.3. The highest BCUT2D eigenvalue weighted by Crippen LogP contribution is 2.47. The van der Waals surface area contributed by atoms with E-state index in [4.69, 9.17) is 0 Å². The summed E-state index contributed by atoms with van der Waals surface area (Å²) < 4.78 is 7.85. The number of para-hydroxylation sites is 1. The highest BCUT2D eigenvalue weighted by atomic mass is 32.1. The summed E-state index contributed by atoms with van der Waals surface area (Å²) in [6, 6.07) is 47.2. The van der Waals surface area contributed by atoms with Crippen LogP contribution in [0, 0.1) is 0 Å². The average Bonchev–Trinajstić information content (AvgIpc) is 3.87. The molecule has 0 aliphatic heterocycles. The van der Waals surface area contributed by atoms with Crippen molar-refractivity contribution in [1.82, 2.24) is 4.57 Å². The van der Waals surface area contributed by atoms with Crippen LogP contribution in [-0.2, 0) is 0 Å². The Kier molecular flexibility index (Phi) is 5.26. The summed E-state index contributed by atoms with van der Waals surface area (Å²) in [5, 5.41) is 12.3. The smallest absolute Gasteiger partial charge is 0.0555 e. The summed E-state index contributed by atoms with van der Waals surface area (Å²) in [5.74, 6) is 0. The van der Waals surface area contributed by atoms with Crippen LogP contribution in [0.4, 0.5) is 0 Å². The largest absolute Gasteiger partial charge is 0.309 e. The molecule has 0 N–H and O–H groups in total. The van der Waals surface area contributed by atoms with E-state index in [1.165, 1.54) is 90.1 Å². The number of rotatable bonds is 3. The molecule has 0 saturated heterocycles. The van der Waals surface area contributed by atoms with E-state index < -0.39 is 0 Å². The van der Waals surface area contributed by atoms with E-state index in [0.717, 1.165) is 0 Å². The SMILES string of the molecule is c1ccc2c(c1)sc1c(-c3cccc4c3sc3cccc(-n5c6ccccc6c6cc(-c7ccsc7)ccc65)c34)cccc12. The van der Waals surface area contributed by atoms with Gasteiger partial charge < -0.3 is 4.57 Å². The molecule has 0 unspecified atom stereocenters. The quantitative estimate of drug-likeness (QED) is 0.187. The third kappa shape index (κ3) is 3.44. The van der Waals surface area contributed by atoms with Crippen LogP contribution in [0.5, 0.6) is 0 Å². The molecule has 10 rings (SSSR count). The molecule has 0 aliphatic rings. The molecular formula is C40H23NS3. The van der Waals surface area contributed by atoms with Gasteiger partial charge in [-0.05, 0) is 64.4 Å². The second kappa shape index (κ2) is 9.38. The molecule has 0 atom stereocenters. The fraction of sp³-hybridized carbons (Fsp3) is 0. The first-order chi connectivity index (χ1) is 21.8. The Balaban J connectivity index is 1.26. The lowest BCUT2D eigenvalue weighted by atomic mass is 10.00. The highest BCUT2D eigenvalue weighted by molar-refractivity contribution is 7.27. The normalized spacial score (nSPS) is 12.1. The lowest BCUT2D eigenvalue weighted by Crippen LogP contribution is -1.94. The Morgan fingerprint density at radius 3 is 2.00 bits per heavy atom. The van der Waals surface area contributed by atoms with Crippen molar-refractivity contribution in [1.29, 1.82) is 0 Å². The predicted molar refractivity (Wildman–Crippen MR) is 195 cm³/mol. The van der Waals surface area contributed by atoms with Crippen molar-refractivity contribution in [2.45, 2.75) is 0 Å². The molecule has 206 valence electrons. The van der Waals surface area contributed by atoms with E-state index in [1.807, 2.05) is 22.7 Å². The second-order valence-corrected chi connectivity index (χ2v) is 14.2. The van der Waals surface area contributed by atoms with Crippen LogP contribution in [0.25, 0.3) is 90.1 Å². The predicted octanol–water partition coefficient (Wildman–Crippen LogP) is 12.9. The standard InChI is InChI=1S/C40H23NS3/c1-3-14-33-26(8-1)32-22-24(25-20-21-42-23-25)18-19-34(32)41(33)35-15-7-17-37-38(35)31-13-6-12-30(40(31)44-37)29-11-5-10-28-27-9-2-4-16-36(27)43-39(28)29/h1-23H. The van der Waals surface area contributed by atoms with E-state index in [9.17, 15) is 0 Å². The van der Waals surface area contributed by atoms with E-state index in [1.54, 1.807) is 11.3 Å². The van der Waals surface area contributed by atoms with Crippen LogP contribution in [0.1, 0.15) is 0 Å². The molecule has 0 radical (unpaired) electrons. The van der Waals surface area contributed by atoms with Crippen molar-refractivity contribution < 1.29 is 0 Å². The highest BCUT2D eigenvalue weighted by Gasteiger charge is 2.20. The van der Waals surface area contributed by atoms with Gasteiger partial charge in [-0.15, -0.1) is 22.7 Å². The second-order valence-electron chi connectivity index (χ2n) is 11.3. The fourth-order valence-corrected chi connectivity index (χ4v) is 10.2. The van der Waals surface area contributed by atoms with Gasteiger partial charge in [0.1, 0.15) is 0 Å². The van der Waals surface area contributed by atoms with Crippen LogP contribution in [0.2, 0.25) is 0 Å². The summed E-state index contributed by atoms with van der Waals surface area (Å²) in [4.78, 5) is 0. The zero-order valence-corrected chi connectivity index (χ0v) is 25.9. The van der Waals surface area contributed by atoms with Crippen LogP contribution in [0.3, 0.4) is 0 Å². The van der Waals surface area contributed by atoms with Crippen molar-refractivity contribution in [3.05, 3.63) is 138 Å². The zero-order valence-electron chi connectivity index (χ0n) is 23.5. The zero-order chi connectivity index (χ0) is 28.8. The maximum absolute atomic E-state index is 2.48. The van der Waals surface area contributed by atoms with Crippen LogP contribution < -0.4 is 0 Å². The van der Waals surface area contributed by atoms with E-state index in [2.05, 4.69) is 143 Å². The molecular weight excluding hydrogens is 591 g/mol. The summed E-state index contributed by atoms with van der Waals surface area (Å²) in [6.45, 7) is 0. The van der Waals surface area contributed by atoms with Gasteiger partial charge in [0.15, 0.2) is 0 Å². The average molecular weight is 614 g/mol. The Hall–Kier alpha value is -4.74. The monoisotopic (exact) mass is 613 g/mol. The number of hydrogen-bond acceptors (Lipinski definition) is 3. The minimum Gasteiger partial charge on any atom is -0.309 e. The van der Waals surface area contributed by atoms with Crippen molar-refractivity contribution in [2.24, 2.45) is 0 Å². The van der Waals surface area contributed by atoms with Gasteiger partial charge in [-0.2, -0.15) is 11.3 Å². The van der Waals surface area contributed by atoms with Gasteiger partial charge in [-0.25, -0.2) is 0 Å². The van der Waals surface area contributed by atoms with Gasteiger partial charge in [0.2, 0.25) is 0 Å². The number of hydrogen-bond donors (Lipinski definition) is 0. The first-order valence-electron chi connectivity index (χ1n) is 14.7. The molecule has 1 nitrogen and oxygen atoms in total. The van der Waals surface area contributed by atoms with Gasteiger partial charge in [-0.1, -0.05) is 84.9 Å². The maximum atomic E-state index is 2.48. The summed E-state index contributed by atoms with van der Waals surface area (Å²) in [7, 11) is 0. The van der Waals surface area contributed by atoms with Gasteiger partial charge in [-0.3, -0.25) is 0 Å². The molecule has 4 aromatic heterocycles. The van der Waals surface area contributed by atoms with Gasteiger partial charge in [0.25, 0.3) is 0 Å². The molecule has 4 heteroatoms. The summed E-state index contributed by atoms with van der Waals surface area (Å²) in [6.07, 6.45) is 0. The number of fused-ring (bicyclic) bond motifs is 9. The number of aromatic nitrogens is 1. The Morgan fingerprint density at radius 1 is 0.455 bits per heavy atom. The van der Waals surface area contributed by atoms with Gasteiger partial charge >= 0.3 is 0 Å². The summed E-state index contributed by atoms with van der Waals surface area (Å²) in [5.41, 5.74) is 8.89. The van der Waals surface area contributed by atoms with Crippen LogP contribution in [-0.4, -0.2) is 4.57 Å².